The van der Waals surface area contributed by atoms with E-state index < -0.39 is 29.2 Å². The number of ether oxygens (including phenoxy) is 5. The second-order valence-electron chi connectivity index (χ2n) is 12.7. The van der Waals surface area contributed by atoms with Crippen molar-refractivity contribution in [1.82, 2.24) is 16.3 Å². The molecule has 4 aromatic rings. The molecule has 0 atom stereocenters. The largest absolute Gasteiger partial charge is 0.496 e. The first-order chi connectivity index (χ1) is 27.8. The van der Waals surface area contributed by atoms with E-state index in [9.17, 15) is 24.0 Å². The number of carbonyl (C=O) groups excluding carboxylic acids is 5. The van der Waals surface area contributed by atoms with Gasteiger partial charge >= 0.3 is 11.9 Å². The van der Waals surface area contributed by atoms with Crippen LogP contribution in [0, 0.1) is 5.41 Å². The number of rotatable bonds is 7. The normalized spacial score (nSPS) is 11.1. The number of halogens is 4. The average Bonchev–Trinajstić information content (AvgIpc) is 3.21. The van der Waals surface area contributed by atoms with E-state index >= 15 is 0 Å². The van der Waals surface area contributed by atoms with Crippen LogP contribution in [0.25, 0.3) is 0 Å². The van der Waals surface area contributed by atoms with E-state index in [1.807, 2.05) is 12.1 Å². The zero-order valence-corrected chi connectivity index (χ0v) is 39.6. The van der Waals surface area contributed by atoms with Crippen molar-refractivity contribution in [1.29, 1.82) is 0 Å². The van der Waals surface area contributed by atoms with Gasteiger partial charge in [0.25, 0.3) is 17.7 Å². The van der Waals surface area contributed by atoms with E-state index in [-0.39, 0.29) is 17.0 Å². The molecule has 0 unspecified atom stereocenters. The zero-order valence-electron chi connectivity index (χ0n) is 33.2. The zero-order chi connectivity index (χ0) is 44.4. The molecule has 0 aliphatic carbocycles. The number of carbonyl (C=O) groups is 5. The molecule has 0 aromatic heterocycles. The van der Waals surface area contributed by atoms with Crippen molar-refractivity contribution in [2.24, 2.45) is 5.41 Å². The van der Waals surface area contributed by atoms with Gasteiger partial charge in [0.1, 0.15) is 28.6 Å². The standard InChI is InChI=1S/C13H16BrNO4.C10H10BrNO2.C9H9BrO3.C8H8BrNO3/c1-13(2,3)12(17)19-15-11(16)9-6-5-8(14)7-10(9)18-4;1-14-8-5-7(11)4-6-2-3-12-10(13)9(6)8;1-12-8-5-6(10)3-4-7(8)9(11)13-2;1-13-7-4-5(9)2-3-6(7)8(11)10-12/h5-7H,1-4H3,(H,15,16);4-5H,2-3H2,1H3,(H,12,13);3-5H,1-2H3;2-4,12H,1H3,(H,10,11). The summed E-state index contributed by atoms with van der Waals surface area (Å²) < 4.78 is 28.2. The van der Waals surface area contributed by atoms with Crippen LogP contribution >= 0.6 is 63.7 Å². The van der Waals surface area contributed by atoms with Crippen molar-refractivity contribution < 1.29 is 57.7 Å². The highest BCUT2D eigenvalue weighted by molar-refractivity contribution is 9.11. The summed E-state index contributed by atoms with van der Waals surface area (Å²) in [5.74, 6) is -0.171. The molecule has 1 aliphatic heterocycles. The summed E-state index contributed by atoms with van der Waals surface area (Å²) in [4.78, 5) is 62.0. The third-order valence-electron chi connectivity index (χ3n) is 7.61. The predicted molar refractivity (Wildman–Crippen MR) is 232 cm³/mol. The van der Waals surface area contributed by atoms with Crippen LogP contribution in [0.2, 0.25) is 0 Å². The molecule has 0 spiro atoms. The third-order valence-corrected chi connectivity index (χ3v) is 9.55. The van der Waals surface area contributed by atoms with E-state index in [2.05, 4.69) is 79.3 Å². The average molecular weight is 1080 g/mol. The van der Waals surface area contributed by atoms with E-state index in [1.54, 1.807) is 88.0 Å². The maximum atomic E-state index is 11.9. The van der Waals surface area contributed by atoms with Gasteiger partial charge in [-0.2, -0.15) is 5.48 Å². The lowest BCUT2D eigenvalue weighted by atomic mass is 9.98. The molecule has 3 amide bonds. The van der Waals surface area contributed by atoms with E-state index in [0.29, 0.717) is 40.7 Å². The summed E-state index contributed by atoms with van der Waals surface area (Å²) in [5, 5.41) is 11.2. The molecule has 1 heterocycles. The van der Waals surface area contributed by atoms with Crippen LogP contribution < -0.4 is 35.2 Å². The summed E-state index contributed by atoms with van der Waals surface area (Å²) in [6, 6.07) is 18.7. The minimum absolute atomic E-state index is 0.0457. The fraction of sp³-hybridized carbons (Fsp3) is 0.275. The number of hydrogen-bond donors (Lipinski definition) is 4. The number of hydrogen-bond acceptors (Lipinski definition) is 12. The molecule has 0 saturated carbocycles. The first kappa shape index (κ1) is 50.5. The molecule has 0 saturated heterocycles. The Morgan fingerprint density at radius 1 is 0.644 bits per heavy atom. The molecule has 4 aromatic carbocycles. The Bertz CT molecular complexity index is 2040. The molecular weight excluding hydrogens is 1030 g/mol. The predicted octanol–water partition coefficient (Wildman–Crippen LogP) is 8.26. The van der Waals surface area contributed by atoms with E-state index in [4.69, 9.17) is 29.0 Å². The topological polar surface area (TPSA) is 197 Å². The highest BCUT2D eigenvalue weighted by Gasteiger charge is 2.25. The van der Waals surface area contributed by atoms with Gasteiger partial charge in [-0.25, -0.2) is 15.1 Å². The summed E-state index contributed by atoms with van der Waals surface area (Å²) in [5.41, 5.74) is 5.68. The summed E-state index contributed by atoms with van der Waals surface area (Å²) in [6.45, 7) is 5.79. The number of nitrogens with one attached hydrogen (secondary N) is 3. The Morgan fingerprint density at radius 2 is 1.08 bits per heavy atom. The first-order valence-corrected chi connectivity index (χ1v) is 20.2. The number of fused-ring (bicyclic) bond motifs is 1. The number of methoxy groups -OCH3 is 5. The van der Waals surface area contributed by atoms with Crippen LogP contribution in [0.4, 0.5) is 0 Å². The molecule has 0 radical (unpaired) electrons. The maximum Gasteiger partial charge on any atom is 0.341 e. The van der Waals surface area contributed by atoms with Gasteiger partial charge in [0, 0.05) is 24.4 Å². The van der Waals surface area contributed by atoms with Gasteiger partial charge in [0.05, 0.1) is 57.7 Å². The summed E-state index contributed by atoms with van der Waals surface area (Å²) in [6.07, 6.45) is 0.858. The molecule has 19 heteroatoms. The fourth-order valence-electron chi connectivity index (χ4n) is 4.66. The van der Waals surface area contributed by atoms with Gasteiger partial charge in [-0.1, -0.05) is 63.7 Å². The van der Waals surface area contributed by atoms with E-state index in [0.717, 1.165) is 29.9 Å². The fourth-order valence-corrected chi connectivity index (χ4v) is 6.17. The van der Waals surface area contributed by atoms with Gasteiger partial charge in [0.2, 0.25) is 0 Å². The summed E-state index contributed by atoms with van der Waals surface area (Å²) in [7, 11) is 7.33. The van der Waals surface area contributed by atoms with Gasteiger partial charge in [-0.15, -0.1) is 0 Å². The lowest BCUT2D eigenvalue weighted by molar-refractivity contribution is -0.158. The molecule has 318 valence electrons. The van der Waals surface area contributed by atoms with Crippen molar-refractivity contribution in [3.63, 3.8) is 0 Å². The van der Waals surface area contributed by atoms with Crippen molar-refractivity contribution >= 4 is 93.4 Å². The molecule has 0 bridgehead atoms. The highest BCUT2D eigenvalue weighted by atomic mass is 79.9. The lowest BCUT2D eigenvalue weighted by Crippen LogP contribution is -2.33. The highest BCUT2D eigenvalue weighted by Crippen LogP contribution is 2.30. The van der Waals surface area contributed by atoms with Gasteiger partial charge in [-0.05, 0) is 99.5 Å². The van der Waals surface area contributed by atoms with Gasteiger partial charge < -0.3 is 33.8 Å². The quantitative estimate of drug-likeness (QED) is 0.0787. The minimum Gasteiger partial charge on any atom is -0.496 e. The number of amides is 3. The molecule has 1 aliphatic rings. The SMILES string of the molecule is COC(=O)c1ccc(Br)cc1OC.COc1cc(Br)cc2c1C(=O)NCC2.COc1cc(Br)ccc1C(=O)NO.COc1cc(Br)ccc1C(=O)NOC(=O)C(C)(C)C. The van der Waals surface area contributed by atoms with Crippen LogP contribution in [0.3, 0.4) is 0 Å². The molecule has 0 fully saturated rings. The third kappa shape index (κ3) is 15.5. The second-order valence-corrected chi connectivity index (χ2v) is 16.3. The Labute approximate surface area is 375 Å². The smallest absolute Gasteiger partial charge is 0.341 e. The van der Waals surface area contributed by atoms with Crippen LogP contribution in [0.15, 0.2) is 84.6 Å². The maximum absolute atomic E-state index is 11.9. The van der Waals surface area contributed by atoms with Crippen molar-refractivity contribution in [2.75, 3.05) is 42.1 Å². The monoisotopic (exact) mass is 1070 g/mol. The Hall–Kier alpha value is -4.69. The second kappa shape index (κ2) is 24.4. The van der Waals surface area contributed by atoms with E-state index in [1.165, 1.54) is 28.4 Å². The number of hydroxylamine groups is 2. The molecular formula is C40H43Br4N3O12. The molecule has 59 heavy (non-hydrogen) atoms. The Morgan fingerprint density at radius 3 is 1.53 bits per heavy atom. The molecule has 15 nitrogen and oxygen atoms in total. The molecule has 5 rings (SSSR count). The van der Waals surface area contributed by atoms with Crippen molar-refractivity contribution in [3.8, 4) is 23.0 Å². The van der Waals surface area contributed by atoms with Crippen LogP contribution in [-0.2, 0) is 20.8 Å². The van der Waals surface area contributed by atoms with Crippen molar-refractivity contribution in [2.45, 2.75) is 27.2 Å². The van der Waals surface area contributed by atoms with Gasteiger partial charge in [-0.3, -0.25) is 19.6 Å². The molecule has 4 N–H and O–H groups in total. The Balaban J connectivity index is 0.000000275. The van der Waals surface area contributed by atoms with Crippen molar-refractivity contribution in [3.05, 3.63) is 112 Å². The number of esters is 1. The summed E-state index contributed by atoms with van der Waals surface area (Å²) >= 11 is 13.2. The van der Waals surface area contributed by atoms with Crippen LogP contribution in [0.5, 0.6) is 23.0 Å². The number of benzene rings is 4. The minimum atomic E-state index is -0.683. The van der Waals surface area contributed by atoms with Crippen LogP contribution in [-0.4, -0.2) is 77.0 Å². The van der Waals surface area contributed by atoms with Crippen LogP contribution in [0.1, 0.15) is 67.8 Å². The Kier molecular flexibility index (Phi) is 20.9. The lowest BCUT2D eigenvalue weighted by Gasteiger charge is -2.19. The first-order valence-electron chi connectivity index (χ1n) is 17.0. The van der Waals surface area contributed by atoms with Gasteiger partial charge in [0.15, 0.2) is 0 Å².